The molecular formula is C17H27NO2. The van der Waals surface area contributed by atoms with Gasteiger partial charge in [-0.15, -0.1) is 0 Å². The molecule has 0 heterocycles. The Morgan fingerprint density at radius 3 is 2.60 bits per heavy atom. The fourth-order valence-corrected chi connectivity index (χ4v) is 3.06. The molecule has 0 unspecified atom stereocenters. The molecule has 0 spiro atoms. The Morgan fingerprint density at radius 2 is 1.95 bits per heavy atom. The van der Waals surface area contributed by atoms with Crippen molar-refractivity contribution in [2.45, 2.75) is 64.1 Å². The van der Waals surface area contributed by atoms with Crippen LogP contribution in [0.3, 0.4) is 0 Å². The Labute approximate surface area is 122 Å². The van der Waals surface area contributed by atoms with Gasteiger partial charge in [0.05, 0.1) is 6.10 Å². The third kappa shape index (κ3) is 4.50. The maximum Gasteiger partial charge on any atom is 0.115 e. The van der Waals surface area contributed by atoms with Crippen molar-refractivity contribution in [3.05, 3.63) is 29.8 Å². The Bertz CT molecular complexity index is 400. The van der Waals surface area contributed by atoms with Crippen LogP contribution in [-0.4, -0.2) is 33.8 Å². The minimum atomic E-state index is -0.0972. The number of hydrogen-bond acceptors (Lipinski definition) is 3. The van der Waals surface area contributed by atoms with Crippen LogP contribution in [0, 0.1) is 0 Å². The minimum Gasteiger partial charge on any atom is -0.508 e. The quantitative estimate of drug-likeness (QED) is 0.838. The van der Waals surface area contributed by atoms with Crippen LogP contribution in [0.5, 0.6) is 5.75 Å². The van der Waals surface area contributed by atoms with Crippen LogP contribution in [0.4, 0.5) is 0 Å². The second-order valence-corrected chi connectivity index (χ2v) is 5.96. The zero-order chi connectivity index (χ0) is 14.4. The molecule has 0 bridgehead atoms. The highest BCUT2D eigenvalue weighted by atomic mass is 16.3. The van der Waals surface area contributed by atoms with Crippen LogP contribution in [0.15, 0.2) is 24.3 Å². The summed E-state index contributed by atoms with van der Waals surface area (Å²) >= 11 is 0. The lowest BCUT2D eigenvalue weighted by molar-refractivity contribution is 0.0695. The second kappa shape index (κ2) is 7.65. The van der Waals surface area contributed by atoms with Crippen molar-refractivity contribution in [2.75, 3.05) is 6.54 Å². The highest BCUT2D eigenvalue weighted by Gasteiger charge is 2.24. The molecule has 3 heteroatoms. The highest BCUT2D eigenvalue weighted by Crippen LogP contribution is 2.25. The van der Waals surface area contributed by atoms with Gasteiger partial charge in [0.1, 0.15) is 5.75 Å². The summed E-state index contributed by atoms with van der Waals surface area (Å²) in [6.45, 7) is 4.22. The molecule has 20 heavy (non-hydrogen) atoms. The fraction of sp³-hybridized carbons (Fsp3) is 0.647. The number of aliphatic hydroxyl groups excluding tert-OH is 1. The molecule has 0 atom stereocenters. The lowest BCUT2D eigenvalue weighted by Crippen LogP contribution is -2.39. The van der Waals surface area contributed by atoms with Crippen LogP contribution in [0.1, 0.15) is 51.0 Å². The molecule has 0 aliphatic heterocycles. The number of hydrogen-bond donors (Lipinski definition) is 2. The molecule has 1 aliphatic rings. The predicted octanol–water partition coefficient (Wildman–Crippen LogP) is 3.30. The molecular weight excluding hydrogens is 250 g/mol. The molecule has 1 aromatic carbocycles. The Balaban J connectivity index is 1.99. The van der Waals surface area contributed by atoms with Gasteiger partial charge in [0.25, 0.3) is 0 Å². The number of unbranched alkanes of at least 4 members (excludes halogenated alkanes) is 1. The Morgan fingerprint density at radius 1 is 1.20 bits per heavy atom. The molecule has 0 radical (unpaired) electrons. The highest BCUT2D eigenvalue weighted by molar-refractivity contribution is 5.27. The van der Waals surface area contributed by atoms with E-state index < -0.39 is 0 Å². The Hall–Kier alpha value is -1.06. The number of phenols is 1. The average molecular weight is 277 g/mol. The third-order valence-corrected chi connectivity index (χ3v) is 4.28. The third-order valence-electron chi connectivity index (χ3n) is 4.28. The Kier molecular flexibility index (Phi) is 5.86. The molecule has 1 saturated carbocycles. The zero-order valence-corrected chi connectivity index (χ0v) is 12.5. The molecule has 1 aliphatic carbocycles. The maximum absolute atomic E-state index is 9.66. The first-order valence-corrected chi connectivity index (χ1v) is 7.89. The van der Waals surface area contributed by atoms with Crippen molar-refractivity contribution in [1.29, 1.82) is 0 Å². The molecule has 0 amide bonds. The summed E-state index contributed by atoms with van der Waals surface area (Å²) < 4.78 is 0. The number of nitrogens with zero attached hydrogens (tertiary/aromatic N) is 1. The first-order chi connectivity index (χ1) is 9.69. The van der Waals surface area contributed by atoms with Gasteiger partial charge < -0.3 is 10.2 Å². The number of aromatic hydroxyl groups is 1. The minimum absolute atomic E-state index is 0.0972. The van der Waals surface area contributed by atoms with Crippen LogP contribution < -0.4 is 0 Å². The first-order valence-electron chi connectivity index (χ1n) is 7.89. The van der Waals surface area contributed by atoms with E-state index in [1.54, 1.807) is 6.07 Å². The summed E-state index contributed by atoms with van der Waals surface area (Å²) in [5.41, 5.74) is 1.17. The van der Waals surface area contributed by atoms with Crippen LogP contribution in [0.2, 0.25) is 0 Å². The van der Waals surface area contributed by atoms with Gasteiger partial charge in [-0.25, -0.2) is 0 Å². The topological polar surface area (TPSA) is 43.7 Å². The lowest BCUT2D eigenvalue weighted by atomic mass is 9.91. The van der Waals surface area contributed by atoms with E-state index in [2.05, 4.69) is 17.9 Å². The molecule has 0 aromatic heterocycles. The summed E-state index contributed by atoms with van der Waals surface area (Å²) in [5.74, 6) is 0.344. The van der Waals surface area contributed by atoms with Crippen LogP contribution in [0.25, 0.3) is 0 Å². The van der Waals surface area contributed by atoms with Gasteiger partial charge in [0, 0.05) is 12.6 Å². The van der Waals surface area contributed by atoms with Crippen molar-refractivity contribution in [1.82, 2.24) is 4.90 Å². The SMILES string of the molecule is CCCCN(Cc1cccc(O)c1)C1CCC(O)CC1. The number of benzene rings is 1. The van der Waals surface area contributed by atoms with Crippen molar-refractivity contribution in [3.63, 3.8) is 0 Å². The van der Waals surface area contributed by atoms with E-state index >= 15 is 0 Å². The normalized spacial score (nSPS) is 23.1. The van der Waals surface area contributed by atoms with Gasteiger partial charge in [-0.1, -0.05) is 25.5 Å². The van der Waals surface area contributed by atoms with Gasteiger partial charge in [0.2, 0.25) is 0 Å². The van der Waals surface area contributed by atoms with Gasteiger partial charge in [-0.05, 0) is 56.3 Å². The van der Waals surface area contributed by atoms with Gasteiger partial charge in [-0.2, -0.15) is 0 Å². The molecule has 2 N–H and O–H groups in total. The van der Waals surface area contributed by atoms with Crippen molar-refractivity contribution >= 4 is 0 Å². The summed E-state index contributed by atoms with van der Waals surface area (Å²) in [6.07, 6.45) is 6.33. The molecule has 112 valence electrons. The summed E-state index contributed by atoms with van der Waals surface area (Å²) in [7, 11) is 0. The monoisotopic (exact) mass is 277 g/mol. The average Bonchev–Trinajstić information content (AvgIpc) is 2.44. The van der Waals surface area contributed by atoms with Crippen molar-refractivity contribution < 1.29 is 10.2 Å². The largest absolute Gasteiger partial charge is 0.508 e. The van der Waals surface area contributed by atoms with Gasteiger partial charge in [0.15, 0.2) is 0 Å². The smallest absolute Gasteiger partial charge is 0.115 e. The molecule has 1 aromatic rings. The van der Waals surface area contributed by atoms with E-state index in [1.807, 2.05) is 12.1 Å². The zero-order valence-electron chi connectivity index (χ0n) is 12.5. The van der Waals surface area contributed by atoms with Crippen molar-refractivity contribution in [3.8, 4) is 5.75 Å². The maximum atomic E-state index is 9.66. The lowest BCUT2D eigenvalue weighted by Gasteiger charge is -2.36. The van der Waals surface area contributed by atoms with Crippen LogP contribution in [-0.2, 0) is 6.54 Å². The van der Waals surface area contributed by atoms with E-state index in [-0.39, 0.29) is 6.10 Å². The fourth-order valence-electron chi connectivity index (χ4n) is 3.06. The van der Waals surface area contributed by atoms with Crippen LogP contribution >= 0.6 is 0 Å². The number of rotatable bonds is 6. The standard InChI is InChI=1S/C17H27NO2/c1-2-3-11-18(15-7-9-16(19)10-8-15)13-14-5-4-6-17(20)12-14/h4-6,12,15-16,19-20H,2-3,7-11,13H2,1H3. The van der Waals surface area contributed by atoms with Gasteiger partial charge in [-0.3, -0.25) is 4.90 Å². The van der Waals surface area contributed by atoms with E-state index in [0.29, 0.717) is 11.8 Å². The number of aliphatic hydroxyl groups is 1. The molecule has 0 saturated heterocycles. The summed E-state index contributed by atoms with van der Waals surface area (Å²) in [5, 5.41) is 19.3. The van der Waals surface area contributed by atoms with E-state index in [9.17, 15) is 10.2 Å². The number of phenolic OH excluding ortho intramolecular Hbond substituents is 1. The molecule has 1 fully saturated rings. The van der Waals surface area contributed by atoms with Crippen molar-refractivity contribution in [2.24, 2.45) is 0 Å². The summed E-state index contributed by atoms with van der Waals surface area (Å²) in [6, 6.07) is 8.14. The predicted molar refractivity (Wildman–Crippen MR) is 81.7 cm³/mol. The summed E-state index contributed by atoms with van der Waals surface area (Å²) in [4.78, 5) is 2.53. The van der Waals surface area contributed by atoms with E-state index in [0.717, 1.165) is 38.8 Å². The molecule has 3 nitrogen and oxygen atoms in total. The molecule has 2 rings (SSSR count). The van der Waals surface area contributed by atoms with E-state index in [4.69, 9.17) is 0 Å². The first kappa shape index (κ1) is 15.3. The van der Waals surface area contributed by atoms with Gasteiger partial charge >= 0.3 is 0 Å². The second-order valence-electron chi connectivity index (χ2n) is 5.96. The van der Waals surface area contributed by atoms with E-state index in [1.165, 1.54) is 18.4 Å².